The summed E-state index contributed by atoms with van der Waals surface area (Å²) in [7, 11) is 0. The number of para-hydroxylation sites is 1. The van der Waals surface area contributed by atoms with E-state index in [2.05, 4.69) is 32.9 Å². The molecule has 3 aromatic carbocycles. The molecule has 0 aliphatic carbocycles. The number of aromatic nitrogens is 1. The van der Waals surface area contributed by atoms with Crippen LogP contribution in [0, 0.1) is 0 Å². The lowest BCUT2D eigenvalue weighted by Crippen LogP contribution is -2.33. The van der Waals surface area contributed by atoms with E-state index in [9.17, 15) is 4.79 Å². The van der Waals surface area contributed by atoms with E-state index in [-0.39, 0.29) is 12.1 Å². The van der Waals surface area contributed by atoms with Gasteiger partial charge in [-0.2, -0.15) is 0 Å². The predicted octanol–water partition coefficient (Wildman–Crippen LogP) is 5.31. The number of nitrogens with zero attached hydrogens (tertiary/aromatic N) is 2. The fourth-order valence-corrected chi connectivity index (χ4v) is 4.26. The van der Waals surface area contributed by atoms with Gasteiger partial charge in [-0.05, 0) is 29.8 Å². The third-order valence-electron chi connectivity index (χ3n) is 5.23. The molecule has 5 rings (SSSR count). The molecule has 1 aliphatic heterocycles. The zero-order chi connectivity index (χ0) is 22.5. The van der Waals surface area contributed by atoms with Crippen LogP contribution in [0.1, 0.15) is 6.42 Å². The minimum Gasteiger partial charge on any atom is -0.489 e. The van der Waals surface area contributed by atoms with E-state index >= 15 is 0 Å². The third kappa shape index (κ3) is 5.12. The van der Waals surface area contributed by atoms with Gasteiger partial charge >= 0.3 is 6.03 Å². The number of hydrogen-bond acceptors (Lipinski definition) is 6. The van der Waals surface area contributed by atoms with Gasteiger partial charge in [-0.3, -0.25) is 0 Å². The first-order valence-electron chi connectivity index (χ1n) is 10.6. The lowest BCUT2D eigenvalue weighted by Gasteiger charge is -2.14. The highest BCUT2D eigenvalue weighted by Crippen LogP contribution is 2.30. The zero-order valence-electron chi connectivity index (χ0n) is 17.7. The normalized spacial score (nSPS) is 15.0. The van der Waals surface area contributed by atoms with E-state index in [4.69, 9.17) is 9.57 Å². The molecular weight excluding hydrogens is 436 g/mol. The number of amides is 2. The minimum atomic E-state index is -0.302. The molecule has 1 aromatic heterocycles. The lowest BCUT2D eigenvalue weighted by molar-refractivity contribution is 0.0472. The summed E-state index contributed by atoms with van der Waals surface area (Å²) >= 11 is 1.56. The lowest BCUT2D eigenvalue weighted by atomic mass is 10.0. The SMILES string of the molecule is O=C(NCC1=NOC(COc2ccccc2-c2ccccc2)C1)Nc1ccc2scnc2c1. The van der Waals surface area contributed by atoms with Crippen LogP contribution in [0.4, 0.5) is 10.5 Å². The standard InChI is InChI=1S/C25H22N4O3S/c30-25(28-18-10-11-24-22(13-18)27-16-33-24)26-14-19-12-20(32-29-19)15-31-23-9-5-4-8-21(23)17-6-2-1-3-7-17/h1-11,13,16,20H,12,14-15H2,(H2,26,28,30). The fourth-order valence-electron chi connectivity index (χ4n) is 3.60. The van der Waals surface area contributed by atoms with Crippen molar-refractivity contribution in [3.8, 4) is 16.9 Å². The molecule has 0 saturated heterocycles. The van der Waals surface area contributed by atoms with Gasteiger partial charge in [-0.25, -0.2) is 9.78 Å². The van der Waals surface area contributed by atoms with Crippen LogP contribution in [-0.2, 0) is 4.84 Å². The Morgan fingerprint density at radius 3 is 2.85 bits per heavy atom. The molecule has 0 spiro atoms. The number of hydrogen-bond donors (Lipinski definition) is 2. The van der Waals surface area contributed by atoms with E-state index < -0.39 is 0 Å². The molecule has 2 N–H and O–H groups in total. The Bertz CT molecular complexity index is 1290. The monoisotopic (exact) mass is 458 g/mol. The Labute approximate surface area is 195 Å². The molecule has 166 valence electrons. The van der Waals surface area contributed by atoms with Crippen molar-refractivity contribution < 1.29 is 14.4 Å². The van der Waals surface area contributed by atoms with Crippen LogP contribution in [0.25, 0.3) is 21.3 Å². The Morgan fingerprint density at radius 2 is 1.94 bits per heavy atom. The van der Waals surface area contributed by atoms with Gasteiger partial charge in [0, 0.05) is 17.7 Å². The number of ether oxygens (including phenoxy) is 1. The Morgan fingerprint density at radius 1 is 1.09 bits per heavy atom. The number of anilines is 1. The molecule has 2 amide bonds. The second-order valence-corrected chi connectivity index (χ2v) is 8.49. The topological polar surface area (TPSA) is 84.8 Å². The van der Waals surface area contributed by atoms with Gasteiger partial charge in [0.15, 0.2) is 6.10 Å². The summed E-state index contributed by atoms with van der Waals surface area (Å²) in [4.78, 5) is 22.0. The number of fused-ring (bicyclic) bond motifs is 1. The van der Waals surface area contributed by atoms with Crippen molar-refractivity contribution in [3.05, 3.63) is 78.3 Å². The van der Waals surface area contributed by atoms with Crippen LogP contribution in [0.15, 0.2) is 83.5 Å². The van der Waals surface area contributed by atoms with E-state index in [1.54, 1.807) is 16.8 Å². The molecule has 1 unspecified atom stereocenters. The van der Waals surface area contributed by atoms with Gasteiger partial charge in [0.25, 0.3) is 0 Å². The van der Waals surface area contributed by atoms with Crippen molar-refractivity contribution in [1.29, 1.82) is 0 Å². The minimum absolute atomic E-state index is 0.194. The number of nitrogens with one attached hydrogen (secondary N) is 2. The number of oxime groups is 1. The van der Waals surface area contributed by atoms with E-state index in [1.807, 2.05) is 60.7 Å². The van der Waals surface area contributed by atoms with Gasteiger partial charge in [-0.15, -0.1) is 11.3 Å². The number of benzene rings is 3. The number of thiazole rings is 1. The van der Waals surface area contributed by atoms with Crippen molar-refractivity contribution in [3.63, 3.8) is 0 Å². The molecule has 0 bridgehead atoms. The summed E-state index contributed by atoms with van der Waals surface area (Å²) in [5, 5.41) is 9.75. The van der Waals surface area contributed by atoms with Crippen LogP contribution in [0.5, 0.6) is 5.75 Å². The van der Waals surface area contributed by atoms with Crippen molar-refractivity contribution in [2.24, 2.45) is 5.16 Å². The Balaban J connectivity index is 1.09. The summed E-state index contributed by atoms with van der Waals surface area (Å²) in [6, 6.07) is 23.4. The summed E-state index contributed by atoms with van der Waals surface area (Å²) in [6.45, 7) is 0.679. The molecule has 1 aliphatic rings. The first-order chi connectivity index (χ1) is 16.2. The van der Waals surface area contributed by atoms with E-state index in [0.29, 0.717) is 25.3 Å². The molecule has 2 heterocycles. The first kappa shape index (κ1) is 21.0. The molecule has 0 fully saturated rings. The van der Waals surface area contributed by atoms with Crippen LogP contribution < -0.4 is 15.4 Å². The van der Waals surface area contributed by atoms with Gasteiger partial charge in [-0.1, -0.05) is 53.7 Å². The second-order valence-electron chi connectivity index (χ2n) is 7.60. The van der Waals surface area contributed by atoms with Gasteiger partial charge in [0.1, 0.15) is 12.4 Å². The largest absolute Gasteiger partial charge is 0.489 e. The Kier molecular flexibility index (Phi) is 6.16. The molecule has 8 heteroatoms. The summed E-state index contributed by atoms with van der Waals surface area (Å²) in [6.07, 6.45) is 0.402. The average molecular weight is 459 g/mol. The fraction of sp³-hybridized carbons (Fsp3) is 0.160. The maximum absolute atomic E-state index is 12.2. The second kappa shape index (κ2) is 9.70. The highest BCUT2D eigenvalue weighted by Gasteiger charge is 2.22. The first-order valence-corrected chi connectivity index (χ1v) is 11.5. The molecule has 0 saturated carbocycles. The number of carbonyl (C=O) groups is 1. The average Bonchev–Trinajstić information content (AvgIpc) is 3.51. The van der Waals surface area contributed by atoms with Crippen LogP contribution in [0.3, 0.4) is 0 Å². The highest BCUT2D eigenvalue weighted by molar-refractivity contribution is 7.16. The van der Waals surface area contributed by atoms with Crippen molar-refractivity contribution in [2.45, 2.75) is 12.5 Å². The smallest absolute Gasteiger partial charge is 0.319 e. The quantitative estimate of drug-likeness (QED) is 0.393. The molecule has 1 atom stereocenters. The molecule has 7 nitrogen and oxygen atoms in total. The van der Waals surface area contributed by atoms with Crippen molar-refractivity contribution >= 4 is 39.0 Å². The number of urea groups is 1. The van der Waals surface area contributed by atoms with Gasteiger partial charge in [0.2, 0.25) is 0 Å². The van der Waals surface area contributed by atoms with E-state index in [1.165, 1.54) is 0 Å². The molecule has 33 heavy (non-hydrogen) atoms. The van der Waals surface area contributed by atoms with Crippen LogP contribution >= 0.6 is 11.3 Å². The molecular formula is C25H22N4O3S. The number of carbonyl (C=O) groups excluding carboxylic acids is 1. The Hall–Kier alpha value is -3.91. The zero-order valence-corrected chi connectivity index (χ0v) is 18.5. The van der Waals surface area contributed by atoms with Crippen molar-refractivity contribution in [1.82, 2.24) is 10.3 Å². The third-order valence-corrected chi connectivity index (χ3v) is 6.04. The summed E-state index contributed by atoms with van der Waals surface area (Å²) in [5.41, 5.74) is 6.24. The summed E-state index contributed by atoms with van der Waals surface area (Å²) in [5.74, 6) is 0.801. The summed E-state index contributed by atoms with van der Waals surface area (Å²) < 4.78 is 7.14. The van der Waals surface area contributed by atoms with Gasteiger partial charge < -0.3 is 20.2 Å². The molecule has 0 radical (unpaired) electrons. The molecule has 4 aromatic rings. The van der Waals surface area contributed by atoms with Crippen LogP contribution in [0.2, 0.25) is 0 Å². The highest BCUT2D eigenvalue weighted by atomic mass is 32.1. The maximum Gasteiger partial charge on any atom is 0.319 e. The maximum atomic E-state index is 12.2. The predicted molar refractivity (Wildman–Crippen MR) is 131 cm³/mol. The number of rotatable bonds is 7. The van der Waals surface area contributed by atoms with E-state index in [0.717, 1.165) is 32.8 Å². The van der Waals surface area contributed by atoms with Crippen molar-refractivity contribution in [2.75, 3.05) is 18.5 Å². The van der Waals surface area contributed by atoms with Crippen LogP contribution in [-0.4, -0.2) is 36.0 Å². The van der Waals surface area contributed by atoms with Gasteiger partial charge in [0.05, 0.1) is 28.0 Å².